The molecule has 1 saturated carbocycles. The first kappa shape index (κ1) is 20.4. The molecule has 0 atom stereocenters. The molecule has 0 bridgehead atoms. The number of ether oxygens (including phenoxy) is 2. The van der Waals surface area contributed by atoms with Crippen LogP contribution in [0.25, 0.3) is 0 Å². The summed E-state index contributed by atoms with van der Waals surface area (Å²) in [5, 5.41) is 0.629. The third-order valence-corrected chi connectivity index (χ3v) is 5.99. The Labute approximate surface area is 167 Å². The molecule has 1 aliphatic heterocycles. The average molecular weight is 395 g/mol. The SMILES string of the molecule is CN(C(=O)Oc1ccc(Cl)cc1)[C@H]1CC[C@H](COCCCN2CCC2)CC1. The van der Waals surface area contributed by atoms with Crippen LogP contribution >= 0.6 is 11.6 Å². The Balaban J connectivity index is 1.30. The number of carbonyl (C=O) groups is 1. The van der Waals surface area contributed by atoms with Crippen LogP contribution in [0.5, 0.6) is 5.75 Å². The lowest BCUT2D eigenvalue weighted by molar-refractivity contribution is 0.0595. The summed E-state index contributed by atoms with van der Waals surface area (Å²) in [4.78, 5) is 16.6. The quantitative estimate of drug-likeness (QED) is 0.611. The van der Waals surface area contributed by atoms with Crippen molar-refractivity contribution < 1.29 is 14.3 Å². The van der Waals surface area contributed by atoms with Crippen molar-refractivity contribution in [1.29, 1.82) is 0 Å². The van der Waals surface area contributed by atoms with Crippen LogP contribution in [0.4, 0.5) is 4.79 Å². The first-order valence-corrected chi connectivity index (χ1v) is 10.5. The Hall–Kier alpha value is -1.30. The second kappa shape index (κ2) is 10.3. The molecule has 0 spiro atoms. The fourth-order valence-corrected chi connectivity index (χ4v) is 3.89. The lowest BCUT2D eigenvalue weighted by atomic mass is 9.86. The molecule has 3 rings (SSSR count). The molecule has 1 aliphatic carbocycles. The van der Waals surface area contributed by atoms with Crippen molar-refractivity contribution in [3.63, 3.8) is 0 Å². The molecule has 150 valence electrons. The predicted molar refractivity (Wildman–Crippen MR) is 107 cm³/mol. The Morgan fingerprint density at radius 1 is 1.19 bits per heavy atom. The van der Waals surface area contributed by atoms with Gasteiger partial charge in [0.25, 0.3) is 0 Å². The molecule has 0 N–H and O–H groups in total. The molecule has 6 heteroatoms. The minimum Gasteiger partial charge on any atom is -0.410 e. The van der Waals surface area contributed by atoms with Crippen LogP contribution in [0, 0.1) is 5.92 Å². The summed E-state index contributed by atoms with van der Waals surface area (Å²) in [6.07, 6.45) is 6.41. The monoisotopic (exact) mass is 394 g/mol. The van der Waals surface area contributed by atoms with Crippen LogP contribution in [0.15, 0.2) is 24.3 Å². The number of amides is 1. The maximum atomic E-state index is 12.3. The zero-order valence-corrected chi connectivity index (χ0v) is 17.0. The molecule has 2 fully saturated rings. The summed E-state index contributed by atoms with van der Waals surface area (Å²) in [7, 11) is 1.83. The second-order valence-corrected chi connectivity index (χ2v) is 8.17. The van der Waals surface area contributed by atoms with Crippen molar-refractivity contribution in [2.24, 2.45) is 5.92 Å². The van der Waals surface area contributed by atoms with E-state index in [0.717, 1.165) is 45.3 Å². The van der Waals surface area contributed by atoms with Gasteiger partial charge in [-0.2, -0.15) is 0 Å². The molecule has 1 saturated heterocycles. The molecule has 27 heavy (non-hydrogen) atoms. The van der Waals surface area contributed by atoms with Gasteiger partial charge < -0.3 is 19.3 Å². The van der Waals surface area contributed by atoms with Crippen LogP contribution in [-0.4, -0.2) is 61.8 Å². The molecule has 0 aromatic heterocycles. The van der Waals surface area contributed by atoms with Crippen LogP contribution in [-0.2, 0) is 4.74 Å². The molecular formula is C21H31ClN2O3. The Kier molecular flexibility index (Phi) is 7.80. The smallest absolute Gasteiger partial charge is 0.410 e. The van der Waals surface area contributed by atoms with Crippen molar-refractivity contribution in [3.05, 3.63) is 29.3 Å². The molecule has 1 aromatic carbocycles. The molecule has 2 aliphatic rings. The van der Waals surface area contributed by atoms with E-state index in [-0.39, 0.29) is 12.1 Å². The van der Waals surface area contributed by atoms with Crippen molar-refractivity contribution in [3.8, 4) is 5.75 Å². The first-order valence-electron chi connectivity index (χ1n) is 10.1. The van der Waals surface area contributed by atoms with E-state index in [9.17, 15) is 4.79 Å². The topological polar surface area (TPSA) is 42.0 Å². The summed E-state index contributed by atoms with van der Waals surface area (Å²) >= 11 is 5.86. The van der Waals surface area contributed by atoms with Gasteiger partial charge in [0.05, 0.1) is 0 Å². The summed E-state index contributed by atoms with van der Waals surface area (Å²) in [6.45, 7) is 5.42. The van der Waals surface area contributed by atoms with E-state index < -0.39 is 0 Å². The minimum absolute atomic E-state index is 0.243. The van der Waals surface area contributed by atoms with Crippen molar-refractivity contribution in [2.75, 3.05) is 39.9 Å². The number of halogens is 1. The molecule has 1 aromatic rings. The minimum atomic E-state index is -0.303. The van der Waals surface area contributed by atoms with E-state index in [1.54, 1.807) is 29.2 Å². The zero-order valence-electron chi connectivity index (χ0n) is 16.2. The summed E-state index contributed by atoms with van der Waals surface area (Å²) < 4.78 is 11.3. The van der Waals surface area contributed by atoms with E-state index in [0.29, 0.717) is 16.7 Å². The average Bonchev–Trinajstić information content (AvgIpc) is 2.65. The maximum Gasteiger partial charge on any atom is 0.415 e. The van der Waals surface area contributed by atoms with Crippen LogP contribution in [0.2, 0.25) is 5.02 Å². The highest BCUT2D eigenvalue weighted by Gasteiger charge is 2.27. The third kappa shape index (κ3) is 6.37. The molecule has 1 amide bonds. The molecule has 5 nitrogen and oxygen atoms in total. The van der Waals surface area contributed by atoms with Gasteiger partial charge in [-0.05, 0) is 81.8 Å². The highest BCUT2D eigenvalue weighted by atomic mass is 35.5. The lowest BCUT2D eigenvalue weighted by Gasteiger charge is -2.34. The van der Waals surface area contributed by atoms with E-state index in [1.165, 1.54) is 26.1 Å². The van der Waals surface area contributed by atoms with Gasteiger partial charge in [0, 0.05) is 37.9 Å². The Morgan fingerprint density at radius 3 is 2.52 bits per heavy atom. The van der Waals surface area contributed by atoms with Crippen LogP contribution in [0.3, 0.4) is 0 Å². The second-order valence-electron chi connectivity index (χ2n) is 7.73. The molecule has 0 radical (unpaired) electrons. The van der Waals surface area contributed by atoms with Gasteiger partial charge in [-0.25, -0.2) is 4.79 Å². The van der Waals surface area contributed by atoms with Crippen LogP contribution in [0.1, 0.15) is 38.5 Å². The van der Waals surface area contributed by atoms with E-state index >= 15 is 0 Å². The summed E-state index contributed by atoms with van der Waals surface area (Å²) in [5.41, 5.74) is 0. The third-order valence-electron chi connectivity index (χ3n) is 5.74. The van der Waals surface area contributed by atoms with Gasteiger partial charge in [0.2, 0.25) is 0 Å². The van der Waals surface area contributed by atoms with Gasteiger partial charge in [-0.3, -0.25) is 0 Å². The predicted octanol–water partition coefficient (Wildman–Crippen LogP) is 4.44. The lowest BCUT2D eigenvalue weighted by Crippen LogP contribution is -2.41. The van der Waals surface area contributed by atoms with E-state index in [1.807, 2.05) is 7.05 Å². The van der Waals surface area contributed by atoms with Crippen LogP contribution < -0.4 is 4.74 Å². The fourth-order valence-electron chi connectivity index (χ4n) is 3.77. The standard InChI is InChI=1S/C21H31ClN2O3/c1-23(21(25)27-20-10-6-18(22)7-11-20)19-8-4-17(5-9-19)16-26-15-3-14-24-12-2-13-24/h6-7,10-11,17,19H,2-5,8-9,12-16H2,1H3/t17-,19-. The van der Waals surface area contributed by atoms with Gasteiger partial charge in [0.1, 0.15) is 5.75 Å². The van der Waals surface area contributed by atoms with E-state index in [4.69, 9.17) is 21.1 Å². The normalized spacial score (nSPS) is 22.9. The van der Waals surface area contributed by atoms with Crippen molar-refractivity contribution in [1.82, 2.24) is 9.80 Å². The first-order chi connectivity index (χ1) is 13.1. The number of carbonyl (C=O) groups excluding carboxylic acids is 1. The number of likely N-dealkylation sites (tertiary alicyclic amines) is 1. The highest BCUT2D eigenvalue weighted by molar-refractivity contribution is 6.30. The number of rotatable bonds is 8. The van der Waals surface area contributed by atoms with Gasteiger partial charge in [-0.1, -0.05) is 11.6 Å². The van der Waals surface area contributed by atoms with E-state index in [2.05, 4.69) is 4.90 Å². The largest absolute Gasteiger partial charge is 0.415 e. The summed E-state index contributed by atoms with van der Waals surface area (Å²) in [6, 6.07) is 7.11. The number of hydrogen-bond acceptors (Lipinski definition) is 4. The fraction of sp³-hybridized carbons (Fsp3) is 0.667. The Bertz CT molecular complexity index is 584. The van der Waals surface area contributed by atoms with Crippen molar-refractivity contribution >= 4 is 17.7 Å². The number of hydrogen-bond donors (Lipinski definition) is 0. The van der Waals surface area contributed by atoms with Gasteiger partial charge >= 0.3 is 6.09 Å². The molecule has 1 heterocycles. The molecular weight excluding hydrogens is 364 g/mol. The highest BCUT2D eigenvalue weighted by Crippen LogP contribution is 2.28. The Morgan fingerprint density at radius 2 is 1.89 bits per heavy atom. The maximum absolute atomic E-state index is 12.3. The molecule has 0 unspecified atom stereocenters. The van der Waals surface area contributed by atoms with Crippen molar-refractivity contribution in [2.45, 2.75) is 44.6 Å². The van der Waals surface area contributed by atoms with Gasteiger partial charge in [0.15, 0.2) is 0 Å². The number of nitrogens with zero attached hydrogens (tertiary/aromatic N) is 2. The summed E-state index contributed by atoms with van der Waals surface area (Å²) in [5.74, 6) is 1.14. The number of benzene rings is 1. The zero-order chi connectivity index (χ0) is 19.1. The van der Waals surface area contributed by atoms with Gasteiger partial charge in [-0.15, -0.1) is 0 Å².